The number of hydrogen-bond donors (Lipinski definition) is 0. The molecule has 0 aromatic heterocycles. The van der Waals surface area contributed by atoms with Crippen molar-refractivity contribution in [2.75, 3.05) is 0 Å². The molecule has 0 saturated heterocycles. The molecule has 0 aliphatic carbocycles. The van der Waals surface area contributed by atoms with Crippen molar-refractivity contribution in [2.24, 2.45) is 0 Å². The third-order valence-corrected chi connectivity index (χ3v) is 3.19. The van der Waals surface area contributed by atoms with Crippen LogP contribution >= 0.6 is 35.4 Å². The molecule has 0 atom stereocenters. The molecule has 0 radical (unpaired) electrons. The van der Waals surface area contributed by atoms with Crippen LogP contribution in [0.3, 0.4) is 0 Å². The molecule has 0 saturated carbocycles. The summed E-state index contributed by atoms with van der Waals surface area (Å²) in [5.41, 5.74) is 1.98. The highest BCUT2D eigenvalue weighted by Gasteiger charge is 2.03. The van der Waals surface area contributed by atoms with Gasteiger partial charge in [-0.3, -0.25) is 0 Å². The van der Waals surface area contributed by atoms with Crippen LogP contribution in [0.5, 0.6) is 0 Å². The Labute approximate surface area is 110 Å². The summed E-state index contributed by atoms with van der Waals surface area (Å²) in [4.78, 5) is 0.799. The Morgan fingerprint density at radius 3 is 1.31 bits per heavy atom. The van der Waals surface area contributed by atoms with Crippen LogP contribution in [0.25, 0.3) is 0 Å². The Bertz CT molecular complexity index is 453. The number of halogens is 2. The van der Waals surface area contributed by atoms with E-state index in [4.69, 9.17) is 35.4 Å². The standard InChI is InChI=1S/C13H8Cl2S/c14-11-5-1-9(2-6-11)13(16)10-3-7-12(15)8-4-10/h1-8H. The van der Waals surface area contributed by atoms with E-state index in [1.165, 1.54) is 0 Å². The molecule has 16 heavy (non-hydrogen) atoms. The van der Waals surface area contributed by atoms with Gasteiger partial charge in [0.15, 0.2) is 0 Å². The van der Waals surface area contributed by atoms with Crippen LogP contribution in [0.1, 0.15) is 11.1 Å². The van der Waals surface area contributed by atoms with E-state index in [2.05, 4.69) is 0 Å². The van der Waals surface area contributed by atoms with Crippen LogP contribution in [0.15, 0.2) is 48.5 Å². The summed E-state index contributed by atoms with van der Waals surface area (Å²) in [5.74, 6) is 0. The summed E-state index contributed by atoms with van der Waals surface area (Å²) in [5, 5.41) is 1.42. The van der Waals surface area contributed by atoms with Gasteiger partial charge in [-0.25, -0.2) is 0 Å². The maximum atomic E-state index is 5.82. The zero-order valence-electron chi connectivity index (χ0n) is 8.28. The molecule has 0 heterocycles. The van der Waals surface area contributed by atoms with Gasteiger partial charge in [0.1, 0.15) is 0 Å². The molecule has 0 amide bonds. The molecule has 0 nitrogen and oxygen atoms in total. The van der Waals surface area contributed by atoms with Crippen molar-refractivity contribution in [3.05, 3.63) is 69.7 Å². The fraction of sp³-hybridized carbons (Fsp3) is 0. The summed E-state index contributed by atoms with van der Waals surface area (Å²) in [6.07, 6.45) is 0. The van der Waals surface area contributed by atoms with Gasteiger partial charge in [-0.05, 0) is 35.4 Å². The van der Waals surface area contributed by atoms with Crippen LogP contribution < -0.4 is 0 Å². The minimum absolute atomic E-state index is 0.711. The minimum atomic E-state index is 0.711. The van der Waals surface area contributed by atoms with E-state index >= 15 is 0 Å². The first-order valence-corrected chi connectivity index (χ1v) is 5.89. The van der Waals surface area contributed by atoms with Crippen LogP contribution in [0, 0.1) is 0 Å². The Hall–Kier alpha value is -0.890. The molecular formula is C13H8Cl2S. The van der Waals surface area contributed by atoms with Crippen LogP contribution in [-0.4, -0.2) is 4.86 Å². The number of rotatable bonds is 2. The summed E-state index contributed by atoms with van der Waals surface area (Å²) < 4.78 is 0. The molecule has 2 rings (SSSR count). The molecule has 0 N–H and O–H groups in total. The van der Waals surface area contributed by atoms with Gasteiger partial charge in [0.2, 0.25) is 0 Å². The van der Waals surface area contributed by atoms with E-state index in [0.717, 1.165) is 16.0 Å². The zero-order valence-corrected chi connectivity index (χ0v) is 10.6. The lowest BCUT2D eigenvalue weighted by Crippen LogP contribution is -1.98. The van der Waals surface area contributed by atoms with Crippen LogP contribution in [0.2, 0.25) is 10.0 Å². The minimum Gasteiger partial charge on any atom is -0.0843 e. The van der Waals surface area contributed by atoms with Crippen molar-refractivity contribution in [1.82, 2.24) is 0 Å². The van der Waals surface area contributed by atoms with E-state index in [-0.39, 0.29) is 0 Å². The number of thiocarbonyl (C=S) groups is 1. The molecule has 2 aromatic carbocycles. The Balaban J connectivity index is 2.32. The van der Waals surface area contributed by atoms with Gasteiger partial charge in [0, 0.05) is 10.0 Å². The molecule has 80 valence electrons. The van der Waals surface area contributed by atoms with Crippen LogP contribution in [-0.2, 0) is 0 Å². The predicted octanol–water partition coefficient (Wildman–Crippen LogP) is 4.76. The smallest absolute Gasteiger partial charge is 0.0521 e. The van der Waals surface area contributed by atoms with Crippen molar-refractivity contribution < 1.29 is 0 Å². The maximum absolute atomic E-state index is 5.82. The van der Waals surface area contributed by atoms with Crippen molar-refractivity contribution in [2.45, 2.75) is 0 Å². The van der Waals surface area contributed by atoms with Gasteiger partial charge in [-0.15, -0.1) is 0 Å². The Kier molecular flexibility index (Phi) is 3.59. The quantitative estimate of drug-likeness (QED) is 0.558. The monoisotopic (exact) mass is 266 g/mol. The molecule has 0 spiro atoms. The van der Waals surface area contributed by atoms with Crippen molar-refractivity contribution in [1.29, 1.82) is 0 Å². The third kappa shape index (κ3) is 2.62. The average molecular weight is 267 g/mol. The lowest BCUT2D eigenvalue weighted by atomic mass is 10.1. The molecule has 3 heteroatoms. The van der Waals surface area contributed by atoms with Gasteiger partial charge in [0.25, 0.3) is 0 Å². The topological polar surface area (TPSA) is 0 Å². The fourth-order valence-electron chi connectivity index (χ4n) is 1.37. The Morgan fingerprint density at radius 1 is 0.688 bits per heavy atom. The van der Waals surface area contributed by atoms with E-state index in [9.17, 15) is 0 Å². The second kappa shape index (κ2) is 4.96. The Morgan fingerprint density at radius 2 is 1.00 bits per heavy atom. The molecule has 0 aliphatic heterocycles. The molecular weight excluding hydrogens is 259 g/mol. The maximum Gasteiger partial charge on any atom is 0.0521 e. The largest absolute Gasteiger partial charge is 0.0843 e. The predicted molar refractivity (Wildman–Crippen MR) is 73.7 cm³/mol. The summed E-state index contributed by atoms with van der Waals surface area (Å²) >= 11 is 17.0. The van der Waals surface area contributed by atoms with Crippen molar-refractivity contribution in [3.8, 4) is 0 Å². The first-order chi connectivity index (χ1) is 7.66. The zero-order chi connectivity index (χ0) is 11.5. The lowest BCUT2D eigenvalue weighted by Gasteiger charge is -2.04. The average Bonchev–Trinajstić information content (AvgIpc) is 2.30. The first-order valence-electron chi connectivity index (χ1n) is 4.72. The number of benzene rings is 2. The highest BCUT2D eigenvalue weighted by Crippen LogP contribution is 2.16. The van der Waals surface area contributed by atoms with E-state index in [1.54, 1.807) is 0 Å². The summed E-state index contributed by atoms with van der Waals surface area (Å²) in [6.45, 7) is 0. The van der Waals surface area contributed by atoms with Gasteiger partial charge < -0.3 is 0 Å². The van der Waals surface area contributed by atoms with Crippen molar-refractivity contribution in [3.63, 3.8) is 0 Å². The van der Waals surface area contributed by atoms with E-state index in [1.807, 2.05) is 48.5 Å². The molecule has 0 unspecified atom stereocenters. The van der Waals surface area contributed by atoms with Crippen molar-refractivity contribution >= 4 is 40.3 Å². The summed E-state index contributed by atoms with van der Waals surface area (Å²) in [7, 11) is 0. The number of hydrogen-bond acceptors (Lipinski definition) is 1. The van der Waals surface area contributed by atoms with Gasteiger partial charge in [-0.2, -0.15) is 0 Å². The highest BCUT2D eigenvalue weighted by atomic mass is 35.5. The summed E-state index contributed by atoms with van der Waals surface area (Å²) in [6, 6.07) is 15.0. The molecule has 0 fully saturated rings. The lowest BCUT2D eigenvalue weighted by molar-refractivity contribution is 1.62. The van der Waals surface area contributed by atoms with E-state index < -0.39 is 0 Å². The molecule has 0 aliphatic rings. The SMILES string of the molecule is S=C(c1ccc(Cl)cc1)c1ccc(Cl)cc1. The highest BCUT2D eigenvalue weighted by molar-refractivity contribution is 7.81. The van der Waals surface area contributed by atoms with Gasteiger partial charge >= 0.3 is 0 Å². The van der Waals surface area contributed by atoms with E-state index in [0.29, 0.717) is 10.0 Å². The molecule has 0 bridgehead atoms. The van der Waals surface area contributed by atoms with Crippen LogP contribution in [0.4, 0.5) is 0 Å². The van der Waals surface area contributed by atoms with Gasteiger partial charge in [-0.1, -0.05) is 59.7 Å². The third-order valence-electron chi connectivity index (χ3n) is 2.21. The molecule has 2 aromatic rings. The second-order valence-electron chi connectivity index (χ2n) is 3.34. The fourth-order valence-corrected chi connectivity index (χ4v) is 1.89. The van der Waals surface area contributed by atoms with Gasteiger partial charge in [0.05, 0.1) is 4.86 Å². The first kappa shape index (κ1) is 11.6. The second-order valence-corrected chi connectivity index (χ2v) is 4.62. The normalized spacial score (nSPS) is 10.1.